The van der Waals surface area contributed by atoms with Crippen molar-refractivity contribution in [3.8, 4) is 0 Å². The maximum atomic E-state index is 11.3. The van der Waals surface area contributed by atoms with Crippen molar-refractivity contribution < 1.29 is 9.90 Å². The summed E-state index contributed by atoms with van der Waals surface area (Å²) in [6.07, 6.45) is 4.48. The van der Waals surface area contributed by atoms with E-state index in [0.29, 0.717) is 19.0 Å². The SMILES string of the molecule is CC1CCCC(NCCCN)(C(=O)O)C1. The maximum absolute atomic E-state index is 11.3. The molecule has 0 aromatic carbocycles. The molecule has 1 aliphatic carbocycles. The van der Waals surface area contributed by atoms with Gasteiger partial charge in [0.2, 0.25) is 0 Å². The number of nitrogens with one attached hydrogen (secondary N) is 1. The van der Waals surface area contributed by atoms with Gasteiger partial charge in [-0.1, -0.05) is 19.8 Å². The lowest BCUT2D eigenvalue weighted by molar-refractivity contribution is -0.147. The minimum absolute atomic E-state index is 0.500. The molecule has 0 aliphatic heterocycles. The third-order valence-electron chi connectivity index (χ3n) is 3.25. The number of carboxylic acids is 1. The van der Waals surface area contributed by atoms with Crippen LogP contribution < -0.4 is 11.1 Å². The molecule has 88 valence electrons. The van der Waals surface area contributed by atoms with Gasteiger partial charge in [-0.15, -0.1) is 0 Å². The highest BCUT2D eigenvalue weighted by Gasteiger charge is 2.41. The van der Waals surface area contributed by atoms with Gasteiger partial charge in [0.1, 0.15) is 5.54 Å². The zero-order valence-corrected chi connectivity index (χ0v) is 9.46. The van der Waals surface area contributed by atoms with Crippen LogP contribution in [-0.4, -0.2) is 29.7 Å². The van der Waals surface area contributed by atoms with Crippen LogP contribution in [0.1, 0.15) is 39.0 Å². The lowest BCUT2D eigenvalue weighted by Gasteiger charge is -2.37. The Hall–Kier alpha value is -0.610. The van der Waals surface area contributed by atoms with E-state index in [1.807, 2.05) is 0 Å². The van der Waals surface area contributed by atoms with Crippen molar-refractivity contribution in [3.63, 3.8) is 0 Å². The fourth-order valence-electron chi connectivity index (χ4n) is 2.41. The number of aliphatic carboxylic acids is 1. The van der Waals surface area contributed by atoms with E-state index in [1.54, 1.807) is 0 Å². The third-order valence-corrected chi connectivity index (χ3v) is 3.25. The lowest BCUT2D eigenvalue weighted by Crippen LogP contribution is -2.55. The van der Waals surface area contributed by atoms with E-state index >= 15 is 0 Å². The van der Waals surface area contributed by atoms with Gasteiger partial charge in [0.25, 0.3) is 0 Å². The first-order chi connectivity index (χ1) is 7.10. The smallest absolute Gasteiger partial charge is 0.323 e. The topological polar surface area (TPSA) is 75.3 Å². The molecule has 4 N–H and O–H groups in total. The fourth-order valence-corrected chi connectivity index (χ4v) is 2.41. The van der Waals surface area contributed by atoms with E-state index in [0.717, 1.165) is 32.1 Å². The predicted octanol–water partition coefficient (Wildman–Crippen LogP) is 0.958. The van der Waals surface area contributed by atoms with E-state index in [1.165, 1.54) is 0 Å². The summed E-state index contributed by atoms with van der Waals surface area (Å²) in [5.74, 6) is -0.203. The number of nitrogens with two attached hydrogens (primary N) is 1. The second kappa shape index (κ2) is 5.47. The van der Waals surface area contributed by atoms with Crippen LogP contribution in [0.25, 0.3) is 0 Å². The summed E-state index contributed by atoms with van der Waals surface area (Å²) in [5.41, 5.74) is 4.72. The highest BCUT2D eigenvalue weighted by atomic mass is 16.4. The summed E-state index contributed by atoms with van der Waals surface area (Å²) >= 11 is 0. The van der Waals surface area contributed by atoms with Crippen molar-refractivity contribution in [2.45, 2.75) is 44.6 Å². The second-order valence-electron chi connectivity index (χ2n) is 4.66. The number of carboxylic acid groups (broad SMARTS) is 1. The van der Waals surface area contributed by atoms with Crippen LogP contribution in [0.15, 0.2) is 0 Å². The van der Waals surface area contributed by atoms with Gasteiger partial charge in [-0.05, 0) is 38.3 Å². The Bertz CT molecular complexity index is 221. The van der Waals surface area contributed by atoms with Crippen LogP contribution in [0.4, 0.5) is 0 Å². The number of hydrogen-bond acceptors (Lipinski definition) is 3. The molecule has 0 bridgehead atoms. The number of rotatable bonds is 5. The van der Waals surface area contributed by atoms with Crippen molar-refractivity contribution in [1.29, 1.82) is 0 Å². The molecular weight excluding hydrogens is 192 g/mol. The largest absolute Gasteiger partial charge is 0.480 e. The first kappa shape index (κ1) is 12.5. The summed E-state index contributed by atoms with van der Waals surface area (Å²) in [5, 5.41) is 12.5. The number of carbonyl (C=O) groups is 1. The van der Waals surface area contributed by atoms with E-state index in [9.17, 15) is 9.90 Å². The zero-order valence-electron chi connectivity index (χ0n) is 9.46. The van der Waals surface area contributed by atoms with Crippen molar-refractivity contribution in [3.05, 3.63) is 0 Å². The molecule has 0 radical (unpaired) electrons. The highest BCUT2D eigenvalue weighted by molar-refractivity contribution is 5.79. The molecule has 1 rings (SSSR count). The van der Waals surface area contributed by atoms with Crippen LogP contribution >= 0.6 is 0 Å². The Kier molecular flexibility index (Phi) is 4.54. The maximum Gasteiger partial charge on any atom is 0.323 e. The third kappa shape index (κ3) is 3.18. The molecular formula is C11H22N2O2. The summed E-state index contributed by atoms with van der Waals surface area (Å²) in [6, 6.07) is 0. The molecule has 0 amide bonds. The van der Waals surface area contributed by atoms with Crippen molar-refractivity contribution >= 4 is 5.97 Å². The Morgan fingerprint density at radius 3 is 2.93 bits per heavy atom. The molecule has 2 atom stereocenters. The van der Waals surface area contributed by atoms with Crippen LogP contribution in [0.5, 0.6) is 0 Å². The molecule has 1 saturated carbocycles. The standard InChI is InChI=1S/C11H22N2O2/c1-9-4-2-5-11(8-9,10(14)15)13-7-3-6-12/h9,13H,2-8,12H2,1H3,(H,14,15). The average molecular weight is 214 g/mol. The van der Waals surface area contributed by atoms with E-state index in [2.05, 4.69) is 12.2 Å². The van der Waals surface area contributed by atoms with E-state index in [-0.39, 0.29) is 0 Å². The Labute approximate surface area is 91.2 Å². The van der Waals surface area contributed by atoms with Crippen LogP contribution in [0.3, 0.4) is 0 Å². The molecule has 2 unspecified atom stereocenters. The summed E-state index contributed by atoms with van der Waals surface area (Å²) in [4.78, 5) is 11.3. The Balaban J connectivity index is 2.57. The molecule has 0 heterocycles. The van der Waals surface area contributed by atoms with Crippen LogP contribution in [-0.2, 0) is 4.79 Å². The molecule has 0 aromatic heterocycles. The molecule has 1 aliphatic rings. The molecule has 0 spiro atoms. The monoisotopic (exact) mass is 214 g/mol. The van der Waals surface area contributed by atoms with Gasteiger partial charge in [-0.2, -0.15) is 0 Å². The van der Waals surface area contributed by atoms with E-state index < -0.39 is 11.5 Å². The van der Waals surface area contributed by atoms with Gasteiger partial charge in [0.15, 0.2) is 0 Å². The molecule has 0 aromatic rings. The molecule has 4 heteroatoms. The van der Waals surface area contributed by atoms with E-state index in [4.69, 9.17) is 5.73 Å². The zero-order chi connectivity index (χ0) is 11.3. The van der Waals surface area contributed by atoms with Crippen molar-refractivity contribution in [2.75, 3.05) is 13.1 Å². The summed E-state index contributed by atoms with van der Waals surface area (Å²) < 4.78 is 0. The first-order valence-electron chi connectivity index (χ1n) is 5.79. The van der Waals surface area contributed by atoms with Crippen molar-refractivity contribution in [1.82, 2.24) is 5.32 Å². The molecule has 4 nitrogen and oxygen atoms in total. The van der Waals surface area contributed by atoms with Crippen LogP contribution in [0.2, 0.25) is 0 Å². The Morgan fingerprint density at radius 2 is 2.40 bits per heavy atom. The van der Waals surface area contributed by atoms with Crippen LogP contribution in [0, 0.1) is 5.92 Å². The quantitative estimate of drug-likeness (QED) is 0.596. The lowest BCUT2D eigenvalue weighted by atomic mass is 9.76. The minimum atomic E-state index is -0.703. The second-order valence-corrected chi connectivity index (χ2v) is 4.66. The average Bonchev–Trinajstić information content (AvgIpc) is 2.18. The molecule has 15 heavy (non-hydrogen) atoms. The van der Waals surface area contributed by atoms with Gasteiger partial charge < -0.3 is 16.2 Å². The molecule has 1 fully saturated rings. The normalized spacial score (nSPS) is 31.5. The van der Waals surface area contributed by atoms with Gasteiger partial charge >= 0.3 is 5.97 Å². The van der Waals surface area contributed by atoms with Gasteiger partial charge in [0.05, 0.1) is 0 Å². The summed E-state index contributed by atoms with van der Waals surface area (Å²) in [6.45, 7) is 3.44. The van der Waals surface area contributed by atoms with Gasteiger partial charge in [-0.3, -0.25) is 4.79 Å². The number of hydrogen-bond donors (Lipinski definition) is 3. The van der Waals surface area contributed by atoms with Gasteiger partial charge in [0, 0.05) is 0 Å². The minimum Gasteiger partial charge on any atom is -0.480 e. The molecule has 0 saturated heterocycles. The predicted molar refractivity (Wildman–Crippen MR) is 59.7 cm³/mol. The summed E-state index contributed by atoms with van der Waals surface area (Å²) in [7, 11) is 0. The first-order valence-corrected chi connectivity index (χ1v) is 5.79. The highest BCUT2D eigenvalue weighted by Crippen LogP contribution is 2.32. The van der Waals surface area contributed by atoms with Crippen molar-refractivity contribution in [2.24, 2.45) is 11.7 Å². The van der Waals surface area contributed by atoms with Gasteiger partial charge in [-0.25, -0.2) is 0 Å². The fraction of sp³-hybridized carbons (Fsp3) is 0.909. The Morgan fingerprint density at radius 1 is 1.67 bits per heavy atom.